The van der Waals surface area contributed by atoms with E-state index < -0.39 is 17.4 Å². The zero-order valence-corrected chi connectivity index (χ0v) is 13.8. The second-order valence-electron chi connectivity index (χ2n) is 4.74. The number of anilines is 1. The summed E-state index contributed by atoms with van der Waals surface area (Å²) in [5.74, 6) is -0.637. The van der Waals surface area contributed by atoms with Gasteiger partial charge in [-0.05, 0) is 42.5 Å². The fourth-order valence-electron chi connectivity index (χ4n) is 1.83. The molecular formula is C15H12F2N4O4S. The Bertz CT molecular complexity index is 818. The molecule has 0 aliphatic heterocycles. The van der Waals surface area contributed by atoms with Gasteiger partial charge in [0.1, 0.15) is 5.75 Å². The first kappa shape index (κ1) is 19.0. The fourth-order valence-corrected chi connectivity index (χ4v) is 2.00. The number of nitrogens with one attached hydrogen (secondary N) is 3. The minimum atomic E-state index is -2.92. The molecule has 0 aliphatic carbocycles. The largest absolute Gasteiger partial charge is 0.435 e. The normalized spacial score (nSPS) is 10.1. The van der Waals surface area contributed by atoms with E-state index in [0.29, 0.717) is 5.69 Å². The third-order valence-electron chi connectivity index (χ3n) is 2.95. The monoisotopic (exact) mass is 382 g/mol. The van der Waals surface area contributed by atoms with Crippen molar-refractivity contribution in [1.29, 1.82) is 0 Å². The van der Waals surface area contributed by atoms with Crippen LogP contribution in [0, 0.1) is 10.1 Å². The molecule has 0 atom stereocenters. The van der Waals surface area contributed by atoms with Crippen LogP contribution in [0.3, 0.4) is 0 Å². The second-order valence-corrected chi connectivity index (χ2v) is 5.15. The van der Waals surface area contributed by atoms with Crippen molar-refractivity contribution in [2.45, 2.75) is 6.61 Å². The van der Waals surface area contributed by atoms with E-state index >= 15 is 0 Å². The van der Waals surface area contributed by atoms with Crippen molar-refractivity contribution < 1.29 is 23.2 Å². The van der Waals surface area contributed by atoms with Gasteiger partial charge >= 0.3 is 6.61 Å². The van der Waals surface area contributed by atoms with Gasteiger partial charge in [0.05, 0.1) is 4.92 Å². The first-order valence-corrected chi connectivity index (χ1v) is 7.42. The quantitative estimate of drug-likeness (QED) is 0.415. The molecule has 2 aromatic rings. The molecule has 0 bridgehead atoms. The molecule has 0 radical (unpaired) electrons. The number of benzene rings is 2. The Labute approximate surface area is 151 Å². The average Bonchev–Trinajstić information content (AvgIpc) is 2.61. The molecule has 0 saturated carbocycles. The van der Waals surface area contributed by atoms with E-state index in [2.05, 4.69) is 20.9 Å². The molecule has 2 rings (SSSR count). The Balaban J connectivity index is 1.87. The van der Waals surface area contributed by atoms with Gasteiger partial charge in [-0.15, -0.1) is 0 Å². The molecule has 0 fully saturated rings. The molecule has 11 heteroatoms. The highest BCUT2D eigenvalue weighted by Gasteiger charge is 2.11. The number of hydrazine groups is 1. The first-order chi connectivity index (χ1) is 12.3. The Morgan fingerprint density at radius 1 is 1.15 bits per heavy atom. The smallest absolute Gasteiger partial charge is 0.387 e. The van der Waals surface area contributed by atoms with Crippen LogP contribution in [-0.2, 0) is 0 Å². The van der Waals surface area contributed by atoms with Crippen molar-refractivity contribution in [3.8, 4) is 5.75 Å². The zero-order chi connectivity index (χ0) is 19.1. The molecule has 26 heavy (non-hydrogen) atoms. The van der Waals surface area contributed by atoms with E-state index in [0.717, 1.165) is 6.07 Å². The van der Waals surface area contributed by atoms with Crippen molar-refractivity contribution in [3.05, 3.63) is 64.2 Å². The van der Waals surface area contributed by atoms with Crippen LogP contribution >= 0.6 is 12.2 Å². The zero-order valence-electron chi connectivity index (χ0n) is 12.9. The lowest BCUT2D eigenvalue weighted by Gasteiger charge is -2.12. The van der Waals surface area contributed by atoms with Gasteiger partial charge in [-0.2, -0.15) is 8.78 Å². The van der Waals surface area contributed by atoms with Crippen molar-refractivity contribution >= 4 is 34.6 Å². The summed E-state index contributed by atoms with van der Waals surface area (Å²) in [7, 11) is 0. The van der Waals surface area contributed by atoms with E-state index in [4.69, 9.17) is 12.2 Å². The van der Waals surface area contributed by atoms with E-state index in [1.165, 1.54) is 42.5 Å². The lowest BCUT2D eigenvalue weighted by molar-refractivity contribution is -0.384. The van der Waals surface area contributed by atoms with Gasteiger partial charge in [-0.3, -0.25) is 25.8 Å². The summed E-state index contributed by atoms with van der Waals surface area (Å²) in [5, 5.41) is 13.4. The predicted octanol–water partition coefficient (Wildman–Crippen LogP) is 2.83. The van der Waals surface area contributed by atoms with Crippen molar-refractivity contribution in [1.82, 2.24) is 10.9 Å². The summed E-state index contributed by atoms with van der Waals surface area (Å²) in [6.45, 7) is -2.92. The van der Waals surface area contributed by atoms with Gasteiger partial charge in [-0.25, -0.2) is 0 Å². The van der Waals surface area contributed by atoms with Crippen LogP contribution in [0.4, 0.5) is 20.2 Å². The molecule has 2 aromatic carbocycles. The van der Waals surface area contributed by atoms with Crippen LogP contribution in [0.25, 0.3) is 0 Å². The Morgan fingerprint density at radius 3 is 2.46 bits per heavy atom. The lowest BCUT2D eigenvalue weighted by atomic mass is 10.2. The SMILES string of the molecule is O=C(NNC(=S)Nc1ccc(OC(F)F)cc1)c1cccc([N+](=O)[O-])c1. The van der Waals surface area contributed by atoms with Gasteiger partial charge in [0.25, 0.3) is 11.6 Å². The number of ether oxygens (including phenoxy) is 1. The Kier molecular flexibility index (Phi) is 6.33. The third kappa shape index (κ3) is 5.63. The summed E-state index contributed by atoms with van der Waals surface area (Å²) in [6, 6.07) is 10.7. The van der Waals surface area contributed by atoms with E-state index in [9.17, 15) is 23.7 Å². The van der Waals surface area contributed by atoms with Gasteiger partial charge in [0.2, 0.25) is 0 Å². The minimum Gasteiger partial charge on any atom is -0.435 e. The maximum absolute atomic E-state index is 12.1. The number of amides is 1. The number of hydrogen-bond donors (Lipinski definition) is 3. The molecule has 1 amide bonds. The van der Waals surface area contributed by atoms with Crippen LogP contribution < -0.4 is 20.9 Å². The highest BCUT2D eigenvalue weighted by atomic mass is 32.1. The molecule has 0 unspecified atom stereocenters. The highest BCUT2D eigenvalue weighted by Crippen LogP contribution is 2.17. The molecule has 0 saturated heterocycles. The molecule has 0 aliphatic rings. The number of nitro benzene ring substituents is 1. The fraction of sp³-hybridized carbons (Fsp3) is 0.0667. The van der Waals surface area contributed by atoms with Crippen LogP contribution in [-0.4, -0.2) is 22.6 Å². The summed E-state index contributed by atoms with van der Waals surface area (Å²) < 4.78 is 28.4. The average molecular weight is 382 g/mol. The summed E-state index contributed by atoms with van der Waals surface area (Å²) in [6.07, 6.45) is 0. The minimum absolute atomic E-state index is 0.0107. The van der Waals surface area contributed by atoms with Gasteiger partial charge < -0.3 is 10.1 Å². The van der Waals surface area contributed by atoms with Crippen LogP contribution in [0.2, 0.25) is 0 Å². The number of alkyl halides is 2. The molecular weight excluding hydrogens is 370 g/mol. The standard InChI is InChI=1S/C15H12F2N4O4S/c16-14(17)25-12-6-4-10(5-7-12)18-15(26)20-19-13(22)9-2-1-3-11(8-9)21(23)24/h1-8,14H,(H,19,22)(H2,18,20,26). The van der Waals surface area contributed by atoms with Crippen LogP contribution in [0.15, 0.2) is 48.5 Å². The summed E-state index contributed by atoms with van der Waals surface area (Å²) in [5.41, 5.74) is 5.03. The number of non-ortho nitro benzene ring substituents is 1. The Hall–Kier alpha value is -3.34. The molecule has 136 valence electrons. The molecule has 8 nitrogen and oxygen atoms in total. The van der Waals surface area contributed by atoms with Crippen LogP contribution in [0.1, 0.15) is 10.4 Å². The Morgan fingerprint density at radius 2 is 1.85 bits per heavy atom. The molecule has 3 N–H and O–H groups in total. The van der Waals surface area contributed by atoms with E-state index in [1.807, 2.05) is 0 Å². The van der Waals surface area contributed by atoms with E-state index in [-0.39, 0.29) is 22.1 Å². The summed E-state index contributed by atoms with van der Waals surface area (Å²) in [4.78, 5) is 22.0. The van der Waals surface area contributed by atoms with Gasteiger partial charge in [-0.1, -0.05) is 6.07 Å². The van der Waals surface area contributed by atoms with Crippen molar-refractivity contribution in [2.24, 2.45) is 0 Å². The molecule has 0 aromatic heterocycles. The number of rotatable bonds is 5. The number of carbonyl (C=O) groups is 1. The topological polar surface area (TPSA) is 106 Å². The van der Waals surface area contributed by atoms with Gasteiger partial charge in [0, 0.05) is 23.4 Å². The second kappa shape index (κ2) is 8.67. The number of halogens is 2. The number of carbonyl (C=O) groups excluding carboxylic acids is 1. The maximum Gasteiger partial charge on any atom is 0.387 e. The van der Waals surface area contributed by atoms with Crippen molar-refractivity contribution in [2.75, 3.05) is 5.32 Å². The third-order valence-corrected chi connectivity index (χ3v) is 3.15. The van der Waals surface area contributed by atoms with Gasteiger partial charge in [0.15, 0.2) is 5.11 Å². The van der Waals surface area contributed by atoms with Crippen LogP contribution in [0.5, 0.6) is 5.75 Å². The lowest BCUT2D eigenvalue weighted by Crippen LogP contribution is -2.43. The molecule has 0 heterocycles. The highest BCUT2D eigenvalue weighted by molar-refractivity contribution is 7.80. The predicted molar refractivity (Wildman–Crippen MR) is 93.0 cm³/mol. The number of hydrogen-bond acceptors (Lipinski definition) is 5. The number of nitro groups is 1. The van der Waals surface area contributed by atoms with Crippen molar-refractivity contribution in [3.63, 3.8) is 0 Å². The maximum atomic E-state index is 12.1. The number of thiocarbonyl (C=S) groups is 1. The number of nitrogens with zero attached hydrogens (tertiary/aromatic N) is 1. The summed E-state index contributed by atoms with van der Waals surface area (Å²) >= 11 is 4.98. The first-order valence-electron chi connectivity index (χ1n) is 7.02. The van der Waals surface area contributed by atoms with E-state index in [1.54, 1.807) is 0 Å². The molecule has 0 spiro atoms.